The van der Waals surface area contributed by atoms with Gasteiger partial charge in [-0.1, -0.05) is 12.0 Å². The summed E-state index contributed by atoms with van der Waals surface area (Å²) in [5.74, 6) is 1.00. The monoisotopic (exact) mass is 306 g/mol. The Labute approximate surface area is 120 Å². The fourth-order valence-electron chi connectivity index (χ4n) is 6.69. The van der Waals surface area contributed by atoms with E-state index in [9.17, 15) is 17.3 Å². The Bertz CT molecular complexity index is 460. The number of hydrogen-bond donors (Lipinski definition) is 1. The molecule has 0 aromatic heterocycles. The molecular weight excluding hydrogens is 287 g/mol. The highest BCUT2D eigenvalue weighted by Crippen LogP contribution is 2.63. The maximum atomic E-state index is 9.75. The van der Waals surface area contributed by atoms with E-state index in [4.69, 9.17) is 0 Å². The summed E-state index contributed by atoms with van der Waals surface area (Å²) in [5.41, 5.74) is 0.661. The quantitative estimate of drug-likeness (QED) is 0.518. The van der Waals surface area contributed by atoms with Crippen molar-refractivity contribution in [3.05, 3.63) is 0 Å². The van der Waals surface area contributed by atoms with Crippen LogP contribution in [-0.4, -0.2) is 53.2 Å². The number of nitrogens with zero attached hydrogens (tertiary/aromatic N) is 3. The van der Waals surface area contributed by atoms with Gasteiger partial charge in [-0.25, -0.2) is 0 Å². The van der Waals surface area contributed by atoms with E-state index in [2.05, 4.69) is 22.1 Å². The molecule has 7 bridgehead atoms. The standard InChI is InChI=1S/C12H18N4.BF4/c1-12-9-4-2-7-11(12)8-3-5-10(12)16-14(8)6-13(7)15(9)16;2-1(3,4)5/h7-11H,2-6H2,1H3;/q;-1/p+1/t7-,8+,9+,10?,11+,12-;/m1./s1. The molecule has 21 heavy (non-hydrogen) atoms. The number of fused-ring (bicyclic) bond motifs is 2. The average molecular weight is 306 g/mol. The minimum absolute atomic E-state index is 0.661. The maximum Gasteiger partial charge on any atom is 0.673 e. The lowest BCUT2D eigenvalue weighted by atomic mass is 9.51. The first-order chi connectivity index (χ1) is 9.82. The van der Waals surface area contributed by atoms with Gasteiger partial charge in [0.15, 0.2) is 0 Å². The Morgan fingerprint density at radius 1 is 1.05 bits per heavy atom. The molecule has 1 N–H and O–H groups in total. The SMILES string of the molecule is C[C@@]12C3CC[C@H]4[C@@H]1[C@H]1CC[C@@H]2N2N1CN4[NH+]32.F[B-](F)(F)F. The van der Waals surface area contributed by atoms with E-state index in [0.29, 0.717) is 5.41 Å². The van der Waals surface area contributed by atoms with Gasteiger partial charge in [0, 0.05) is 18.4 Å². The van der Waals surface area contributed by atoms with E-state index in [1.807, 2.05) is 0 Å². The zero-order valence-electron chi connectivity index (χ0n) is 11.9. The largest absolute Gasteiger partial charge is 0.673 e. The molecule has 4 nitrogen and oxygen atoms in total. The molecule has 8 aliphatic rings. The first kappa shape index (κ1) is 13.1. The van der Waals surface area contributed by atoms with Gasteiger partial charge in [-0.3, -0.25) is 0 Å². The molecule has 6 heterocycles. The molecule has 118 valence electrons. The van der Waals surface area contributed by atoms with Crippen molar-refractivity contribution in [3.8, 4) is 0 Å². The van der Waals surface area contributed by atoms with E-state index < -0.39 is 7.25 Å². The predicted octanol–water partition coefficient (Wildman–Crippen LogP) is 0.519. The third-order valence-corrected chi connectivity index (χ3v) is 7.00. The van der Waals surface area contributed by atoms with E-state index in [1.54, 1.807) is 5.12 Å². The van der Waals surface area contributed by atoms with E-state index in [1.165, 1.54) is 32.4 Å². The van der Waals surface area contributed by atoms with Crippen molar-refractivity contribution in [2.45, 2.75) is 56.8 Å². The highest BCUT2D eigenvalue weighted by atomic mass is 19.5. The van der Waals surface area contributed by atoms with E-state index in [-0.39, 0.29) is 0 Å². The zero-order chi connectivity index (χ0) is 14.7. The summed E-state index contributed by atoms with van der Waals surface area (Å²) < 4.78 is 39.0. The third kappa shape index (κ3) is 1.33. The molecule has 0 aromatic carbocycles. The van der Waals surface area contributed by atoms with Crippen LogP contribution in [0.4, 0.5) is 17.3 Å². The number of nitrogens with one attached hydrogen (secondary N) is 1. The first-order valence-electron chi connectivity index (χ1n) is 7.88. The molecular formula is C12H19BF4N4. The molecule has 6 saturated heterocycles. The Morgan fingerprint density at radius 3 is 2.43 bits per heavy atom. The molecule has 2 saturated carbocycles. The third-order valence-electron chi connectivity index (χ3n) is 7.00. The molecule has 0 aromatic rings. The number of hydrogen-bond acceptors (Lipinski definition) is 3. The zero-order valence-corrected chi connectivity index (χ0v) is 11.9. The number of hydrazine groups is 1. The van der Waals surface area contributed by atoms with Crippen molar-refractivity contribution in [2.75, 3.05) is 6.67 Å². The molecule has 6 aliphatic heterocycles. The van der Waals surface area contributed by atoms with Gasteiger partial charge in [0.05, 0.1) is 17.5 Å². The predicted molar refractivity (Wildman–Crippen MR) is 66.7 cm³/mol. The first-order valence-corrected chi connectivity index (χ1v) is 7.88. The average Bonchev–Trinajstić information content (AvgIpc) is 2.87. The molecule has 0 amide bonds. The summed E-state index contributed by atoms with van der Waals surface area (Å²) in [6, 6.07) is 3.61. The van der Waals surface area contributed by atoms with Crippen LogP contribution in [0.25, 0.3) is 0 Å². The van der Waals surface area contributed by atoms with Crippen molar-refractivity contribution in [2.24, 2.45) is 11.3 Å². The van der Waals surface area contributed by atoms with Gasteiger partial charge in [-0.05, 0) is 19.3 Å². The van der Waals surface area contributed by atoms with Gasteiger partial charge < -0.3 is 17.3 Å². The minimum Gasteiger partial charge on any atom is -0.418 e. The number of rotatable bonds is 0. The lowest BCUT2D eigenvalue weighted by molar-refractivity contribution is -1.12. The maximum absolute atomic E-state index is 9.75. The van der Waals surface area contributed by atoms with Gasteiger partial charge in [0.2, 0.25) is 0 Å². The van der Waals surface area contributed by atoms with Gasteiger partial charge in [-0.15, -0.1) is 5.01 Å². The molecule has 8 rings (SSSR count). The van der Waals surface area contributed by atoms with Gasteiger partial charge in [0.1, 0.15) is 12.7 Å². The Kier molecular flexibility index (Phi) is 2.23. The van der Waals surface area contributed by atoms with Crippen LogP contribution in [0.1, 0.15) is 32.6 Å². The summed E-state index contributed by atoms with van der Waals surface area (Å²) in [6.07, 6.45) is 5.91. The summed E-state index contributed by atoms with van der Waals surface area (Å²) in [6.45, 7) is 3.87. The van der Waals surface area contributed by atoms with Gasteiger partial charge in [0.25, 0.3) is 0 Å². The number of quaternary nitrogens is 1. The summed E-state index contributed by atoms with van der Waals surface area (Å²) in [7, 11) is -6.00. The van der Waals surface area contributed by atoms with Crippen molar-refractivity contribution in [1.82, 2.24) is 15.1 Å². The molecule has 2 aliphatic carbocycles. The van der Waals surface area contributed by atoms with Crippen LogP contribution in [0, 0.1) is 11.3 Å². The van der Waals surface area contributed by atoms with Crippen LogP contribution in [0.5, 0.6) is 0 Å². The van der Waals surface area contributed by atoms with Crippen LogP contribution >= 0.6 is 0 Å². The van der Waals surface area contributed by atoms with E-state index in [0.717, 1.165) is 30.1 Å². The Hall–Kier alpha value is -0.375. The lowest BCUT2D eigenvalue weighted by Gasteiger charge is -2.63. The molecule has 0 spiro atoms. The second kappa shape index (κ2) is 3.58. The second-order valence-corrected chi connectivity index (χ2v) is 7.50. The fraction of sp³-hybridized carbons (Fsp3) is 1.00. The van der Waals surface area contributed by atoms with Crippen LogP contribution in [0.15, 0.2) is 0 Å². The molecule has 7 atom stereocenters. The molecule has 2 unspecified atom stereocenters. The normalized spacial score (nSPS) is 56.4. The van der Waals surface area contributed by atoms with Crippen molar-refractivity contribution in [3.63, 3.8) is 0 Å². The van der Waals surface area contributed by atoms with Crippen LogP contribution in [0.3, 0.4) is 0 Å². The summed E-state index contributed by atoms with van der Waals surface area (Å²) in [5, 5.41) is 10.0. The summed E-state index contributed by atoms with van der Waals surface area (Å²) >= 11 is 0. The lowest BCUT2D eigenvalue weighted by Crippen LogP contribution is -3.25. The fourth-order valence-corrected chi connectivity index (χ4v) is 6.69. The molecule has 9 heteroatoms. The van der Waals surface area contributed by atoms with Gasteiger partial charge >= 0.3 is 7.25 Å². The molecule has 0 radical (unpaired) electrons. The Balaban J connectivity index is 0.000000185. The second-order valence-electron chi connectivity index (χ2n) is 7.50. The smallest absolute Gasteiger partial charge is 0.418 e. The highest BCUT2D eigenvalue weighted by molar-refractivity contribution is 6.50. The highest BCUT2D eigenvalue weighted by Gasteiger charge is 2.83. The van der Waals surface area contributed by atoms with Crippen LogP contribution < -0.4 is 5.12 Å². The van der Waals surface area contributed by atoms with E-state index >= 15 is 0 Å². The van der Waals surface area contributed by atoms with Gasteiger partial charge in [-0.2, -0.15) is 10.1 Å². The minimum atomic E-state index is -6.00. The summed E-state index contributed by atoms with van der Waals surface area (Å²) in [4.78, 5) is 0. The van der Waals surface area contributed by atoms with Crippen molar-refractivity contribution < 1.29 is 22.4 Å². The topological polar surface area (TPSA) is 14.2 Å². The van der Waals surface area contributed by atoms with Crippen molar-refractivity contribution >= 4 is 7.25 Å². The Morgan fingerprint density at radius 2 is 1.71 bits per heavy atom. The molecule has 8 fully saturated rings. The van der Waals surface area contributed by atoms with Crippen molar-refractivity contribution in [1.29, 1.82) is 0 Å². The van der Waals surface area contributed by atoms with Crippen LogP contribution in [0.2, 0.25) is 0 Å². The van der Waals surface area contributed by atoms with Crippen LogP contribution in [-0.2, 0) is 0 Å². The number of halogens is 4.